The maximum absolute atomic E-state index is 5.45. The number of ether oxygens (including phenoxy) is 1. The third kappa shape index (κ3) is 1.22. The van der Waals surface area contributed by atoms with Gasteiger partial charge >= 0.3 is 0 Å². The first-order chi connectivity index (χ1) is 3.60. The minimum absolute atomic E-state index is 0.166. The van der Waals surface area contributed by atoms with Gasteiger partial charge in [0.15, 0.2) is 0 Å². The van der Waals surface area contributed by atoms with E-state index in [2.05, 4.69) is 20.8 Å². The van der Waals surface area contributed by atoms with Crippen molar-refractivity contribution in [3.63, 3.8) is 0 Å². The van der Waals surface area contributed by atoms with Crippen molar-refractivity contribution < 1.29 is 4.74 Å². The third-order valence-corrected chi connectivity index (χ3v) is 1.60. The van der Waals surface area contributed by atoms with Crippen LogP contribution in [-0.2, 0) is 4.74 Å². The molecule has 1 heteroatoms. The van der Waals surface area contributed by atoms with Gasteiger partial charge in [0.25, 0.3) is 0 Å². The molecule has 1 aliphatic heterocycles. The second-order valence-electron chi connectivity index (χ2n) is 3.38. The van der Waals surface area contributed by atoms with E-state index in [-0.39, 0.29) is 5.60 Å². The van der Waals surface area contributed by atoms with Crippen LogP contribution in [-0.4, -0.2) is 12.2 Å². The molecule has 1 fully saturated rings. The molecule has 1 atom stereocenters. The van der Waals surface area contributed by atoms with E-state index in [4.69, 9.17) is 4.74 Å². The maximum atomic E-state index is 5.45. The molecule has 0 saturated carbocycles. The molecule has 0 aromatic heterocycles. The lowest BCUT2D eigenvalue weighted by molar-refractivity contribution is 0.0353. The van der Waals surface area contributed by atoms with Crippen molar-refractivity contribution in [2.75, 3.05) is 6.61 Å². The smallest absolute Gasteiger partial charge is 0.0630 e. The zero-order valence-electron chi connectivity index (χ0n) is 5.90. The zero-order chi connectivity index (χ0) is 6.20. The van der Waals surface area contributed by atoms with E-state index in [1.54, 1.807) is 0 Å². The molecular weight excluding hydrogens is 100 g/mol. The Bertz CT molecular complexity index is 86.4. The first-order valence-corrected chi connectivity index (χ1v) is 3.24. The predicted octanol–water partition coefficient (Wildman–Crippen LogP) is 1.82. The van der Waals surface area contributed by atoms with Crippen LogP contribution in [0.1, 0.15) is 27.2 Å². The van der Waals surface area contributed by atoms with Gasteiger partial charge in [-0.15, -0.1) is 0 Å². The fourth-order valence-electron chi connectivity index (χ4n) is 1.32. The van der Waals surface area contributed by atoms with E-state index in [1.165, 1.54) is 6.42 Å². The minimum atomic E-state index is 0.166. The molecule has 0 bridgehead atoms. The van der Waals surface area contributed by atoms with Crippen molar-refractivity contribution >= 4 is 0 Å². The van der Waals surface area contributed by atoms with Gasteiger partial charge in [-0.05, 0) is 26.2 Å². The molecule has 8 heavy (non-hydrogen) atoms. The van der Waals surface area contributed by atoms with Gasteiger partial charge in [0.1, 0.15) is 0 Å². The van der Waals surface area contributed by atoms with Gasteiger partial charge in [-0.2, -0.15) is 0 Å². The summed E-state index contributed by atoms with van der Waals surface area (Å²) in [4.78, 5) is 0. The number of hydrogen-bond acceptors (Lipinski definition) is 1. The van der Waals surface area contributed by atoms with Crippen LogP contribution in [0.5, 0.6) is 0 Å². The van der Waals surface area contributed by atoms with Crippen LogP contribution in [0.3, 0.4) is 0 Å². The number of hydrogen-bond donors (Lipinski definition) is 0. The summed E-state index contributed by atoms with van der Waals surface area (Å²) >= 11 is 0. The molecule has 0 aromatic carbocycles. The molecule has 0 amide bonds. The Balaban J connectivity index is 2.44. The summed E-state index contributed by atoms with van der Waals surface area (Å²) in [5.41, 5.74) is 0.166. The SMILES string of the molecule is CC1COC(C)(C)C1. The zero-order valence-corrected chi connectivity index (χ0v) is 5.90. The molecule has 0 aromatic rings. The fraction of sp³-hybridized carbons (Fsp3) is 1.00. The molecule has 0 radical (unpaired) electrons. The quantitative estimate of drug-likeness (QED) is 0.466. The predicted molar refractivity (Wildman–Crippen MR) is 33.8 cm³/mol. The fourth-order valence-corrected chi connectivity index (χ4v) is 1.32. The third-order valence-electron chi connectivity index (χ3n) is 1.60. The van der Waals surface area contributed by atoms with E-state index in [0.29, 0.717) is 0 Å². The van der Waals surface area contributed by atoms with Gasteiger partial charge in [0, 0.05) is 6.61 Å². The Morgan fingerprint density at radius 3 is 2.25 bits per heavy atom. The Morgan fingerprint density at radius 2 is 2.12 bits per heavy atom. The molecule has 1 nitrogen and oxygen atoms in total. The summed E-state index contributed by atoms with van der Waals surface area (Å²) in [5.74, 6) is 0.769. The Labute approximate surface area is 51.0 Å². The summed E-state index contributed by atoms with van der Waals surface area (Å²) in [6, 6.07) is 0. The lowest BCUT2D eigenvalue weighted by Crippen LogP contribution is -2.16. The van der Waals surface area contributed by atoms with Crippen molar-refractivity contribution in [1.29, 1.82) is 0 Å². The molecule has 48 valence electrons. The first kappa shape index (κ1) is 6.09. The van der Waals surface area contributed by atoms with Crippen molar-refractivity contribution in [3.8, 4) is 0 Å². The average Bonchev–Trinajstić information content (AvgIpc) is 1.82. The average molecular weight is 114 g/mol. The highest BCUT2D eigenvalue weighted by Gasteiger charge is 2.28. The van der Waals surface area contributed by atoms with E-state index in [0.717, 1.165) is 12.5 Å². The Kier molecular flexibility index (Phi) is 1.31. The lowest BCUT2D eigenvalue weighted by Gasteiger charge is -2.14. The topological polar surface area (TPSA) is 9.23 Å². The summed E-state index contributed by atoms with van der Waals surface area (Å²) in [5, 5.41) is 0. The van der Waals surface area contributed by atoms with Gasteiger partial charge in [-0.3, -0.25) is 0 Å². The van der Waals surface area contributed by atoms with E-state index >= 15 is 0 Å². The van der Waals surface area contributed by atoms with Crippen LogP contribution in [0, 0.1) is 5.92 Å². The second-order valence-corrected chi connectivity index (χ2v) is 3.38. The maximum Gasteiger partial charge on any atom is 0.0630 e. The first-order valence-electron chi connectivity index (χ1n) is 3.24. The molecular formula is C7H14O. The largest absolute Gasteiger partial charge is 0.375 e. The molecule has 0 aliphatic carbocycles. The molecule has 1 aliphatic rings. The molecule has 1 rings (SSSR count). The van der Waals surface area contributed by atoms with Gasteiger partial charge in [-0.1, -0.05) is 6.92 Å². The van der Waals surface area contributed by atoms with Crippen molar-refractivity contribution in [3.05, 3.63) is 0 Å². The molecule has 1 heterocycles. The van der Waals surface area contributed by atoms with Crippen LogP contribution in [0.4, 0.5) is 0 Å². The summed E-state index contributed by atoms with van der Waals surface area (Å²) in [7, 11) is 0. The molecule has 1 unspecified atom stereocenters. The summed E-state index contributed by atoms with van der Waals surface area (Å²) < 4.78 is 5.45. The lowest BCUT2D eigenvalue weighted by atomic mass is 10.00. The highest BCUT2D eigenvalue weighted by molar-refractivity contribution is 4.77. The highest BCUT2D eigenvalue weighted by atomic mass is 16.5. The van der Waals surface area contributed by atoms with Crippen LogP contribution in [0.2, 0.25) is 0 Å². The van der Waals surface area contributed by atoms with Crippen LogP contribution < -0.4 is 0 Å². The molecule has 0 spiro atoms. The molecule has 0 N–H and O–H groups in total. The van der Waals surface area contributed by atoms with Crippen LogP contribution in [0.15, 0.2) is 0 Å². The minimum Gasteiger partial charge on any atom is -0.375 e. The van der Waals surface area contributed by atoms with Crippen molar-refractivity contribution in [2.45, 2.75) is 32.8 Å². The standard InChI is InChI=1S/C7H14O/c1-6-4-7(2,3)8-5-6/h6H,4-5H2,1-3H3. The highest BCUT2D eigenvalue weighted by Crippen LogP contribution is 2.27. The van der Waals surface area contributed by atoms with E-state index in [1.807, 2.05) is 0 Å². The van der Waals surface area contributed by atoms with Crippen molar-refractivity contribution in [1.82, 2.24) is 0 Å². The summed E-state index contributed by atoms with van der Waals surface area (Å²) in [6.45, 7) is 7.48. The monoisotopic (exact) mass is 114 g/mol. The van der Waals surface area contributed by atoms with Crippen molar-refractivity contribution in [2.24, 2.45) is 5.92 Å². The van der Waals surface area contributed by atoms with Crippen LogP contribution >= 0.6 is 0 Å². The van der Waals surface area contributed by atoms with Gasteiger partial charge < -0.3 is 4.74 Å². The van der Waals surface area contributed by atoms with E-state index < -0.39 is 0 Å². The second kappa shape index (κ2) is 1.73. The Morgan fingerprint density at radius 1 is 1.50 bits per heavy atom. The van der Waals surface area contributed by atoms with Gasteiger partial charge in [0.2, 0.25) is 0 Å². The molecule has 1 saturated heterocycles. The van der Waals surface area contributed by atoms with Gasteiger partial charge in [-0.25, -0.2) is 0 Å². The summed E-state index contributed by atoms with van der Waals surface area (Å²) in [6.07, 6.45) is 1.22. The Hall–Kier alpha value is -0.0400. The van der Waals surface area contributed by atoms with E-state index in [9.17, 15) is 0 Å². The van der Waals surface area contributed by atoms with Crippen LogP contribution in [0.25, 0.3) is 0 Å². The number of rotatable bonds is 0. The van der Waals surface area contributed by atoms with Gasteiger partial charge in [0.05, 0.1) is 5.60 Å². The normalized spacial score (nSPS) is 35.6.